The van der Waals surface area contributed by atoms with Crippen LogP contribution in [0.1, 0.15) is 22.9 Å². The molecule has 1 saturated heterocycles. The summed E-state index contributed by atoms with van der Waals surface area (Å²) in [5.74, 6) is -1.25. The molecule has 0 saturated carbocycles. The monoisotopic (exact) mass is 577 g/mol. The van der Waals surface area contributed by atoms with Gasteiger partial charge in [-0.3, -0.25) is 14.5 Å². The van der Waals surface area contributed by atoms with Crippen molar-refractivity contribution in [2.45, 2.75) is 16.1 Å². The molecule has 7 nitrogen and oxygen atoms in total. The van der Waals surface area contributed by atoms with Crippen LogP contribution in [0.4, 0.5) is 5.13 Å². The number of rotatable bonds is 6. The van der Waals surface area contributed by atoms with Crippen LogP contribution in [0.5, 0.6) is 0 Å². The Morgan fingerprint density at radius 2 is 1.81 bits per heavy atom. The summed E-state index contributed by atoms with van der Waals surface area (Å²) >= 11 is 20.7. The van der Waals surface area contributed by atoms with Gasteiger partial charge in [0, 0.05) is 26.4 Å². The molecule has 1 aliphatic rings. The average Bonchev–Trinajstić information content (AvgIpc) is 3.59. The van der Waals surface area contributed by atoms with Crippen LogP contribution in [0, 0.1) is 0 Å². The number of nitrogens with zero attached hydrogens (tertiary/aromatic N) is 3. The quantitative estimate of drug-likeness (QED) is 0.0864. The lowest BCUT2D eigenvalue weighted by atomic mass is 9.99. The van der Waals surface area contributed by atoms with Crippen LogP contribution >= 0.6 is 57.9 Å². The van der Waals surface area contributed by atoms with Crippen molar-refractivity contribution in [2.75, 3.05) is 4.90 Å². The average molecular weight is 579 g/mol. The van der Waals surface area contributed by atoms with Gasteiger partial charge in [-0.1, -0.05) is 64.0 Å². The molecule has 12 heteroatoms. The first-order valence-corrected chi connectivity index (χ1v) is 13.3. The lowest BCUT2D eigenvalue weighted by Crippen LogP contribution is -2.29. The number of hydrogen-bond donors (Lipinski definition) is 1. The maximum absolute atomic E-state index is 13.1. The Balaban J connectivity index is 1.49. The van der Waals surface area contributed by atoms with E-state index in [9.17, 15) is 14.7 Å². The molecular formula is C24H14Cl3N3O4S2. The van der Waals surface area contributed by atoms with E-state index in [0.717, 1.165) is 16.9 Å². The first-order chi connectivity index (χ1) is 17.3. The van der Waals surface area contributed by atoms with E-state index in [1.165, 1.54) is 22.9 Å². The number of furan rings is 1. The Morgan fingerprint density at radius 3 is 2.50 bits per heavy atom. The van der Waals surface area contributed by atoms with Gasteiger partial charge < -0.3 is 9.52 Å². The molecule has 1 amide bonds. The summed E-state index contributed by atoms with van der Waals surface area (Å²) < 4.78 is 6.11. The molecule has 2 aromatic carbocycles. The Kier molecular flexibility index (Phi) is 7.09. The molecule has 1 fully saturated rings. The SMILES string of the molecule is O=C1C(=O)N(c2nnc(SCc3ccc(Cl)cc3Cl)s2)C(c2ccco2)/C1=C(/O)c1ccc(Cl)cc1. The summed E-state index contributed by atoms with van der Waals surface area (Å²) in [4.78, 5) is 27.4. The standard InChI is InChI=1S/C24H14Cl3N3O4S2/c25-14-6-3-12(4-7-14)20(31)18-19(17-2-1-9-34-17)30(22(33)21(18)32)23-28-29-24(36-23)35-11-13-5-8-15(26)10-16(13)27/h1-10,19,31H,11H2/b20-18-. The van der Waals surface area contributed by atoms with Crippen LogP contribution in [0.2, 0.25) is 15.1 Å². The predicted octanol–water partition coefficient (Wildman–Crippen LogP) is 7.01. The highest BCUT2D eigenvalue weighted by Gasteiger charge is 2.49. The predicted molar refractivity (Wildman–Crippen MR) is 141 cm³/mol. The molecule has 2 aromatic heterocycles. The fraction of sp³-hybridized carbons (Fsp3) is 0.0833. The highest BCUT2D eigenvalue weighted by molar-refractivity contribution is 8.00. The third-order valence-electron chi connectivity index (χ3n) is 5.34. The number of ketones is 1. The first kappa shape index (κ1) is 24.9. The van der Waals surface area contributed by atoms with Crippen LogP contribution in [0.3, 0.4) is 0 Å². The lowest BCUT2D eigenvalue weighted by molar-refractivity contribution is -0.132. The van der Waals surface area contributed by atoms with Crippen LogP contribution in [0.25, 0.3) is 5.76 Å². The number of aromatic nitrogens is 2. The second-order valence-electron chi connectivity index (χ2n) is 7.57. The van der Waals surface area contributed by atoms with Crippen molar-refractivity contribution < 1.29 is 19.1 Å². The summed E-state index contributed by atoms with van der Waals surface area (Å²) in [5, 5.41) is 21.1. The molecule has 1 N–H and O–H groups in total. The Morgan fingerprint density at radius 1 is 1.06 bits per heavy atom. The number of carbonyl (C=O) groups is 2. The number of amides is 1. The van der Waals surface area contributed by atoms with Gasteiger partial charge in [0.25, 0.3) is 5.78 Å². The number of benzene rings is 2. The van der Waals surface area contributed by atoms with E-state index >= 15 is 0 Å². The second kappa shape index (κ2) is 10.3. The van der Waals surface area contributed by atoms with Crippen LogP contribution in [0.15, 0.2) is 75.2 Å². The number of hydrogen-bond acceptors (Lipinski definition) is 8. The summed E-state index contributed by atoms with van der Waals surface area (Å²) in [5.41, 5.74) is 1.08. The number of carbonyl (C=O) groups excluding carboxylic acids is 2. The largest absolute Gasteiger partial charge is 0.507 e. The molecule has 0 bridgehead atoms. The summed E-state index contributed by atoms with van der Waals surface area (Å²) in [6, 6.07) is 13.8. The van der Waals surface area contributed by atoms with E-state index < -0.39 is 17.7 Å². The van der Waals surface area contributed by atoms with Gasteiger partial charge in [0.2, 0.25) is 5.13 Å². The fourth-order valence-electron chi connectivity index (χ4n) is 3.65. The number of halogens is 3. The Bertz CT molecular complexity index is 1490. The van der Waals surface area contributed by atoms with Crippen molar-refractivity contribution in [1.82, 2.24) is 10.2 Å². The van der Waals surface area contributed by atoms with Crippen molar-refractivity contribution in [3.8, 4) is 0 Å². The molecule has 1 unspecified atom stereocenters. The van der Waals surface area contributed by atoms with Gasteiger partial charge in [0.15, 0.2) is 4.34 Å². The summed E-state index contributed by atoms with van der Waals surface area (Å²) in [7, 11) is 0. The van der Waals surface area contributed by atoms with E-state index in [-0.39, 0.29) is 16.5 Å². The number of Topliss-reactive ketones (excluding diaryl/α,β-unsaturated/α-hetero) is 1. The molecule has 0 spiro atoms. The molecular weight excluding hydrogens is 565 g/mol. The highest BCUT2D eigenvalue weighted by atomic mass is 35.5. The molecule has 0 radical (unpaired) electrons. The zero-order chi connectivity index (χ0) is 25.4. The highest BCUT2D eigenvalue weighted by Crippen LogP contribution is 2.44. The van der Waals surface area contributed by atoms with Gasteiger partial charge in [0.1, 0.15) is 17.6 Å². The minimum Gasteiger partial charge on any atom is -0.507 e. The number of aliphatic hydroxyl groups excluding tert-OH is 1. The molecule has 3 heterocycles. The normalized spacial score (nSPS) is 17.2. The second-order valence-corrected chi connectivity index (χ2v) is 11.0. The van der Waals surface area contributed by atoms with Gasteiger partial charge in [-0.05, 0) is 54.1 Å². The topological polar surface area (TPSA) is 96.5 Å². The minimum atomic E-state index is -1.02. The molecule has 1 aliphatic heterocycles. The van der Waals surface area contributed by atoms with Gasteiger partial charge in [-0.25, -0.2) is 0 Å². The third kappa shape index (κ3) is 4.77. The molecule has 4 aromatic rings. The van der Waals surface area contributed by atoms with Crippen molar-refractivity contribution in [3.05, 3.63) is 98.4 Å². The van der Waals surface area contributed by atoms with Crippen LogP contribution in [-0.2, 0) is 15.3 Å². The van der Waals surface area contributed by atoms with Crippen molar-refractivity contribution in [2.24, 2.45) is 0 Å². The Hall–Kier alpha value is -2.82. The Labute approximate surface area is 228 Å². The number of anilines is 1. The maximum atomic E-state index is 13.1. The minimum absolute atomic E-state index is 0.116. The van der Waals surface area contributed by atoms with E-state index in [0.29, 0.717) is 36.5 Å². The number of aliphatic hydroxyl groups is 1. The van der Waals surface area contributed by atoms with Gasteiger partial charge in [0.05, 0.1) is 11.8 Å². The molecule has 1 atom stereocenters. The summed E-state index contributed by atoms with van der Waals surface area (Å²) in [6.45, 7) is 0. The zero-order valence-electron chi connectivity index (χ0n) is 18.0. The number of thioether (sulfide) groups is 1. The van der Waals surface area contributed by atoms with E-state index in [1.807, 2.05) is 6.07 Å². The molecule has 0 aliphatic carbocycles. The molecule has 182 valence electrons. The molecule has 5 rings (SSSR count). The third-order valence-corrected chi connectivity index (χ3v) is 8.29. The smallest absolute Gasteiger partial charge is 0.302 e. The van der Waals surface area contributed by atoms with Gasteiger partial charge in [-0.15, -0.1) is 10.2 Å². The first-order valence-electron chi connectivity index (χ1n) is 10.3. The van der Waals surface area contributed by atoms with Crippen LogP contribution < -0.4 is 4.90 Å². The van der Waals surface area contributed by atoms with E-state index in [2.05, 4.69) is 10.2 Å². The van der Waals surface area contributed by atoms with Gasteiger partial charge in [-0.2, -0.15) is 0 Å². The lowest BCUT2D eigenvalue weighted by Gasteiger charge is -2.20. The van der Waals surface area contributed by atoms with Gasteiger partial charge >= 0.3 is 5.91 Å². The van der Waals surface area contributed by atoms with E-state index in [1.54, 1.807) is 48.5 Å². The summed E-state index contributed by atoms with van der Waals surface area (Å²) in [6.07, 6.45) is 1.43. The van der Waals surface area contributed by atoms with Crippen LogP contribution in [-0.4, -0.2) is 27.0 Å². The fourth-order valence-corrected chi connectivity index (χ4v) is 6.20. The maximum Gasteiger partial charge on any atom is 0.302 e. The van der Waals surface area contributed by atoms with Crippen molar-refractivity contribution in [3.63, 3.8) is 0 Å². The van der Waals surface area contributed by atoms with E-state index in [4.69, 9.17) is 39.2 Å². The zero-order valence-corrected chi connectivity index (χ0v) is 21.9. The van der Waals surface area contributed by atoms with Crippen molar-refractivity contribution >= 4 is 80.5 Å². The molecule has 36 heavy (non-hydrogen) atoms. The van der Waals surface area contributed by atoms with Crippen molar-refractivity contribution in [1.29, 1.82) is 0 Å².